The minimum Gasteiger partial charge on any atom is -0.497 e. The van der Waals surface area contributed by atoms with Crippen LogP contribution in [0.2, 0.25) is 0 Å². The first-order chi connectivity index (χ1) is 13.1. The molecule has 3 rings (SSSR count). The van der Waals surface area contributed by atoms with Crippen LogP contribution in [0.15, 0.2) is 24.3 Å². The van der Waals surface area contributed by atoms with E-state index < -0.39 is 6.10 Å². The second kappa shape index (κ2) is 9.56. The van der Waals surface area contributed by atoms with Gasteiger partial charge >= 0.3 is 0 Å². The molecule has 3 unspecified atom stereocenters. The van der Waals surface area contributed by atoms with Crippen LogP contribution in [0.1, 0.15) is 51.5 Å². The second-order valence-electron chi connectivity index (χ2n) is 7.86. The van der Waals surface area contributed by atoms with Crippen molar-refractivity contribution >= 4 is 5.91 Å². The lowest BCUT2D eigenvalue weighted by Gasteiger charge is -2.32. The zero-order valence-corrected chi connectivity index (χ0v) is 16.9. The largest absolute Gasteiger partial charge is 0.497 e. The first-order valence-corrected chi connectivity index (χ1v) is 10.2. The number of amides is 1. The molecule has 0 bridgehead atoms. The maximum absolute atomic E-state index is 13.2. The summed E-state index contributed by atoms with van der Waals surface area (Å²) in [5.41, 5.74) is 1.11. The standard InChI is InChI=1S/C22H33NO4/c1-16(19-9-10-19)23(14-18-7-11-20(25-3)12-8-18)22(24)17(2)27-15-21-6-4-5-13-26-21/h7-8,11-12,16-17,19,21H,4-6,9-10,13-15H2,1-3H3. The van der Waals surface area contributed by atoms with Crippen molar-refractivity contribution in [3.8, 4) is 5.75 Å². The first kappa shape index (κ1) is 20.2. The fraction of sp³-hybridized carbons (Fsp3) is 0.682. The zero-order chi connectivity index (χ0) is 19.2. The van der Waals surface area contributed by atoms with Gasteiger partial charge in [-0.25, -0.2) is 0 Å². The Morgan fingerprint density at radius 2 is 1.93 bits per heavy atom. The number of hydrogen-bond acceptors (Lipinski definition) is 4. The van der Waals surface area contributed by atoms with Crippen molar-refractivity contribution in [3.05, 3.63) is 29.8 Å². The third kappa shape index (κ3) is 5.69. The Balaban J connectivity index is 1.60. The molecule has 2 aliphatic rings. The minimum absolute atomic E-state index is 0.0704. The molecule has 1 aromatic rings. The molecule has 2 fully saturated rings. The van der Waals surface area contributed by atoms with Gasteiger partial charge in [0.25, 0.3) is 5.91 Å². The normalized spacial score (nSPS) is 22.1. The number of benzene rings is 1. The molecule has 1 amide bonds. The molecule has 27 heavy (non-hydrogen) atoms. The van der Waals surface area contributed by atoms with Crippen molar-refractivity contribution in [1.82, 2.24) is 4.90 Å². The lowest BCUT2D eigenvalue weighted by molar-refractivity contribution is -0.149. The summed E-state index contributed by atoms with van der Waals surface area (Å²) in [5, 5.41) is 0. The molecule has 1 saturated carbocycles. The van der Waals surface area contributed by atoms with Crippen LogP contribution in [0.4, 0.5) is 0 Å². The molecule has 5 nitrogen and oxygen atoms in total. The fourth-order valence-electron chi connectivity index (χ4n) is 3.68. The van der Waals surface area contributed by atoms with Crippen molar-refractivity contribution in [2.24, 2.45) is 5.92 Å². The number of hydrogen-bond donors (Lipinski definition) is 0. The van der Waals surface area contributed by atoms with Gasteiger partial charge in [-0.15, -0.1) is 0 Å². The number of rotatable bonds is 9. The number of carbonyl (C=O) groups is 1. The summed E-state index contributed by atoms with van der Waals surface area (Å²) in [6.07, 6.45) is 5.42. The van der Waals surface area contributed by atoms with E-state index in [2.05, 4.69) is 6.92 Å². The Kier molecular flexibility index (Phi) is 7.13. The Morgan fingerprint density at radius 3 is 2.52 bits per heavy atom. The van der Waals surface area contributed by atoms with E-state index >= 15 is 0 Å². The van der Waals surface area contributed by atoms with E-state index in [0.29, 0.717) is 19.1 Å². The van der Waals surface area contributed by atoms with E-state index in [0.717, 1.165) is 30.8 Å². The molecule has 1 saturated heterocycles. The quantitative estimate of drug-likeness (QED) is 0.659. The molecular weight excluding hydrogens is 342 g/mol. The Labute approximate surface area is 163 Å². The van der Waals surface area contributed by atoms with Gasteiger partial charge in [0.2, 0.25) is 0 Å². The predicted octanol–water partition coefficient (Wildman–Crippen LogP) is 3.80. The fourth-order valence-corrected chi connectivity index (χ4v) is 3.68. The van der Waals surface area contributed by atoms with Gasteiger partial charge in [-0.1, -0.05) is 12.1 Å². The van der Waals surface area contributed by atoms with Crippen molar-refractivity contribution < 1.29 is 19.0 Å². The molecule has 1 heterocycles. The van der Waals surface area contributed by atoms with E-state index in [4.69, 9.17) is 14.2 Å². The van der Waals surface area contributed by atoms with E-state index in [-0.39, 0.29) is 18.1 Å². The highest BCUT2D eigenvalue weighted by Gasteiger charge is 2.36. The Bertz CT molecular complexity index is 593. The van der Waals surface area contributed by atoms with Gasteiger partial charge in [-0.2, -0.15) is 0 Å². The average Bonchev–Trinajstić information content (AvgIpc) is 3.56. The summed E-state index contributed by atoms with van der Waals surface area (Å²) in [4.78, 5) is 15.1. The topological polar surface area (TPSA) is 48.0 Å². The maximum Gasteiger partial charge on any atom is 0.251 e. The Morgan fingerprint density at radius 1 is 1.19 bits per heavy atom. The maximum atomic E-state index is 13.2. The lowest BCUT2D eigenvalue weighted by Crippen LogP contribution is -2.45. The SMILES string of the molecule is COc1ccc(CN(C(=O)C(C)OCC2CCCCO2)C(C)C2CC2)cc1. The molecular formula is C22H33NO4. The monoisotopic (exact) mass is 375 g/mol. The van der Waals surface area contributed by atoms with Crippen LogP contribution in [0, 0.1) is 5.92 Å². The summed E-state index contributed by atoms with van der Waals surface area (Å²) in [5.74, 6) is 1.51. The summed E-state index contributed by atoms with van der Waals surface area (Å²) >= 11 is 0. The highest BCUT2D eigenvalue weighted by atomic mass is 16.5. The summed E-state index contributed by atoms with van der Waals surface area (Å²) in [6.45, 7) is 5.94. The van der Waals surface area contributed by atoms with E-state index in [1.165, 1.54) is 19.3 Å². The Hall–Kier alpha value is -1.59. The summed E-state index contributed by atoms with van der Waals surface area (Å²) < 4.78 is 16.9. The van der Waals surface area contributed by atoms with Gasteiger partial charge in [-0.05, 0) is 69.6 Å². The highest BCUT2D eigenvalue weighted by Crippen LogP contribution is 2.36. The predicted molar refractivity (Wildman–Crippen MR) is 105 cm³/mol. The molecule has 5 heteroatoms. The molecule has 0 radical (unpaired) electrons. The van der Waals surface area contributed by atoms with Crippen LogP contribution < -0.4 is 4.74 Å². The van der Waals surface area contributed by atoms with E-state index in [1.54, 1.807) is 7.11 Å². The lowest BCUT2D eigenvalue weighted by atomic mass is 10.1. The second-order valence-corrected chi connectivity index (χ2v) is 7.86. The zero-order valence-electron chi connectivity index (χ0n) is 16.9. The summed E-state index contributed by atoms with van der Waals surface area (Å²) in [6, 6.07) is 8.18. The molecule has 0 N–H and O–H groups in total. The van der Waals surface area contributed by atoms with Crippen molar-refractivity contribution in [1.29, 1.82) is 0 Å². The van der Waals surface area contributed by atoms with Gasteiger partial charge < -0.3 is 19.1 Å². The molecule has 1 aliphatic heterocycles. The van der Waals surface area contributed by atoms with Crippen LogP contribution >= 0.6 is 0 Å². The number of methoxy groups -OCH3 is 1. The third-order valence-corrected chi connectivity index (χ3v) is 5.74. The smallest absolute Gasteiger partial charge is 0.251 e. The van der Waals surface area contributed by atoms with Crippen molar-refractivity contribution in [3.63, 3.8) is 0 Å². The molecule has 0 aromatic heterocycles. The summed E-state index contributed by atoms with van der Waals surface area (Å²) in [7, 11) is 1.66. The van der Waals surface area contributed by atoms with Gasteiger partial charge in [-0.3, -0.25) is 4.79 Å². The van der Waals surface area contributed by atoms with Crippen LogP contribution in [-0.2, 0) is 20.8 Å². The van der Waals surface area contributed by atoms with Crippen LogP contribution in [0.5, 0.6) is 5.75 Å². The number of ether oxygens (including phenoxy) is 3. The van der Waals surface area contributed by atoms with Crippen molar-refractivity contribution in [2.75, 3.05) is 20.3 Å². The number of nitrogens with zero attached hydrogens (tertiary/aromatic N) is 1. The van der Waals surface area contributed by atoms with Crippen LogP contribution in [0.25, 0.3) is 0 Å². The number of carbonyl (C=O) groups excluding carboxylic acids is 1. The van der Waals surface area contributed by atoms with Crippen LogP contribution in [0.3, 0.4) is 0 Å². The van der Waals surface area contributed by atoms with E-state index in [1.807, 2.05) is 36.1 Å². The van der Waals surface area contributed by atoms with Crippen LogP contribution in [-0.4, -0.2) is 49.4 Å². The molecule has 0 spiro atoms. The highest BCUT2D eigenvalue weighted by molar-refractivity contribution is 5.81. The average molecular weight is 376 g/mol. The minimum atomic E-state index is -0.449. The third-order valence-electron chi connectivity index (χ3n) is 5.74. The molecule has 150 valence electrons. The van der Waals surface area contributed by atoms with Gasteiger partial charge in [0, 0.05) is 19.2 Å². The van der Waals surface area contributed by atoms with Gasteiger partial charge in [0.05, 0.1) is 19.8 Å². The van der Waals surface area contributed by atoms with Gasteiger partial charge in [0.15, 0.2) is 0 Å². The first-order valence-electron chi connectivity index (χ1n) is 10.2. The van der Waals surface area contributed by atoms with Crippen molar-refractivity contribution in [2.45, 2.75) is 70.7 Å². The van der Waals surface area contributed by atoms with E-state index in [9.17, 15) is 4.79 Å². The molecule has 1 aliphatic carbocycles. The molecule has 1 aromatic carbocycles. The molecule has 3 atom stereocenters. The van der Waals surface area contributed by atoms with Gasteiger partial charge in [0.1, 0.15) is 11.9 Å².